The molecular formula is C12H10N4O2S. The number of nitrogens with one attached hydrogen (secondary N) is 1. The lowest BCUT2D eigenvalue weighted by Crippen LogP contribution is -2.28. The Morgan fingerprint density at radius 3 is 2.89 bits per heavy atom. The SMILES string of the molecule is Cc1cccc(-n2c(=O)[nH]c(=O)c3sc(N)nc32)c1. The molecule has 3 aromatic rings. The molecule has 96 valence electrons. The maximum atomic E-state index is 12.0. The molecule has 0 unspecified atom stereocenters. The third-order valence-corrected chi connectivity index (χ3v) is 3.60. The zero-order chi connectivity index (χ0) is 13.6. The van der Waals surface area contributed by atoms with Crippen LogP contribution >= 0.6 is 11.3 Å². The lowest BCUT2D eigenvalue weighted by Gasteiger charge is -2.06. The van der Waals surface area contributed by atoms with Crippen LogP contribution in [0, 0.1) is 6.92 Å². The van der Waals surface area contributed by atoms with Crippen molar-refractivity contribution in [1.29, 1.82) is 0 Å². The highest BCUT2D eigenvalue weighted by Gasteiger charge is 2.13. The molecule has 7 heteroatoms. The van der Waals surface area contributed by atoms with Gasteiger partial charge in [0.05, 0.1) is 5.69 Å². The Morgan fingerprint density at radius 2 is 2.16 bits per heavy atom. The summed E-state index contributed by atoms with van der Waals surface area (Å²) in [7, 11) is 0. The number of nitrogens with two attached hydrogens (primary N) is 1. The number of hydrogen-bond donors (Lipinski definition) is 2. The van der Waals surface area contributed by atoms with Crippen molar-refractivity contribution in [2.24, 2.45) is 0 Å². The van der Waals surface area contributed by atoms with Crippen LogP contribution in [0.25, 0.3) is 16.0 Å². The van der Waals surface area contributed by atoms with E-state index in [9.17, 15) is 9.59 Å². The molecule has 0 radical (unpaired) electrons. The molecule has 0 saturated carbocycles. The molecule has 3 N–H and O–H groups in total. The highest BCUT2D eigenvalue weighted by atomic mass is 32.1. The number of aromatic nitrogens is 3. The van der Waals surface area contributed by atoms with Gasteiger partial charge in [-0.3, -0.25) is 9.78 Å². The quantitative estimate of drug-likeness (QED) is 0.693. The van der Waals surface area contributed by atoms with Crippen LogP contribution in [0.4, 0.5) is 5.13 Å². The summed E-state index contributed by atoms with van der Waals surface area (Å²) in [4.78, 5) is 30.1. The molecule has 2 heterocycles. The van der Waals surface area contributed by atoms with Gasteiger partial charge in [0.15, 0.2) is 10.8 Å². The fourth-order valence-electron chi connectivity index (χ4n) is 1.94. The zero-order valence-electron chi connectivity index (χ0n) is 10.0. The van der Waals surface area contributed by atoms with E-state index < -0.39 is 11.2 Å². The van der Waals surface area contributed by atoms with Crippen molar-refractivity contribution in [2.75, 3.05) is 5.73 Å². The number of aryl methyl sites for hydroxylation is 1. The van der Waals surface area contributed by atoms with Crippen LogP contribution in [-0.4, -0.2) is 14.5 Å². The molecule has 2 aromatic heterocycles. The van der Waals surface area contributed by atoms with Crippen molar-refractivity contribution in [2.45, 2.75) is 6.92 Å². The summed E-state index contributed by atoms with van der Waals surface area (Å²) in [6, 6.07) is 7.38. The number of H-pyrrole nitrogens is 1. The number of rotatable bonds is 1. The van der Waals surface area contributed by atoms with Crippen molar-refractivity contribution < 1.29 is 0 Å². The number of aromatic amines is 1. The number of thiazole rings is 1. The lowest BCUT2D eigenvalue weighted by atomic mass is 10.2. The van der Waals surface area contributed by atoms with Crippen molar-refractivity contribution in [3.8, 4) is 5.69 Å². The van der Waals surface area contributed by atoms with Gasteiger partial charge in [-0.05, 0) is 24.6 Å². The van der Waals surface area contributed by atoms with Gasteiger partial charge in [0.25, 0.3) is 5.56 Å². The van der Waals surface area contributed by atoms with Crippen LogP contribution in [0.15, 0.2) is 33.9 Å². The number of nitrogen functional groups attached to an aromatic ring is 1. The number of fused-ring (bicyclic) bond motifs is 1. The molecule has 0 bridgehead atoms. The Morgan fingerprint density at radius 1 is 1.37 bits per heavy atom. The number of anilines is 1. The minimum Gasteiger partial charge on any atom is -0.375 e. The summed E-state index contributed by atoms with van der Waals surface area (Å²) >= 11 is 1.06. The molecule has 0 amide bonds. The standard InChI is InChI=1S/C12H10N4O2S/c1-6-3-2-4-7(5-6)16-9-8(19-11(13)14-9)10(17)15-12(16)18/h2-5H,1H3,(H2,13,14)(H,15,17,18). The van der Waals surface area contributed by atoms with E-state index in [0.29, 0.717) is 16.0 Å². The van der Waals surface area contributed by atoms with Gasteiger partial charge in [-0.1, -0.05) is 23.5 Å². The first-order valence-electron chi connectivity index (χ1n) is 5.54. The van der Waals surface area contributed by atoms with Crippen molar-refractivity contribution >= 4 is 26.8 Å². The Kier molecular flexibility index (Phi) is 2.49. The van der Waals surface area contributed by atoms with E-state index in [1.165, 1.54) is 4.57 Å². The molecule has 0 atom stereocenters. The molecule has 1 aromatic carbocycles. The third-order valence-electron chi connectivity index (χ3n) is 2.73. The predicted octanol–water partition coefficient (Wildman–Crippen LogP) is 1.03. The second-order valence-corrected chi connectivity index (χ2v) is 5.17. The summed E-state index contributed by atoms with van der Waals surface area (Å²) in [5.74, 6) is 0. The topological polar surface area (TPSA) is 93.8 Å². The maximum Gasteiger partial charge on any atom is 0.334 e. The average Bonchev–Trinajstić information content (AvgIpc) is 2.71. The van der Waals surface area contributed by atoms with E-state index in [4.69, 9.17) is 5.73 Å². The largest absolute Gasteiger partial charge is 0.375 e. The predicted molar refractivity (Wildman–Crippen MR) is 75.0 cm³/mol. The lowest BCUT2D eigenvalue weighted by molar-refractivity contribution is 0.931. The summed E-state index contributed by atoms with van der Waals surface area (Å²) in [5, 5.41) is 0.257. The van der Waals surface area contributed by atoms with E-state index in [1.807, 2.05) is 25.1 Å². The molecular weight excluding hydrogens is 264 g/mol. The van der Waals surface area contributed by atoms with Gasteiger partial charge < -0.3 is 5.73 Å². The van der Waals surface area contributed by atoms with Gasteiger partial charge >= 0.3 is 5.69 Å². The van der Waals surface area contributed by atoms with Gasteiger partial charge in [-0.25, -0.2) is 14.3 Å². The molecule has 0 aliphatic carbocycles. The second-order valence-electron chi connectivity index (χ2n) is 4.14. The smallest absolute Gasteiger partial charge is 0.334 e. The molecule has 0 aliphatic rings. The van der Waals surface area contributed by atoms with E-state index in [1.54, 1.807) is 6.07 Å². The van der Waals surface area contributed by atoms with E-state index in [2.05, 4.69) is 9.97 Å². The van der Waals surface area contributed by atoms with E-state index in [-0.39, 0.29) is 5.13 Å². The Balaban J connectivity index is 2.47. The number of hydrogen-bond acceptors (Lipinski definition) is 5. The molecule has 0 spiro atoms. The highest BCUT2D eigenvalue weighted by Crippen LogP contribution is 2.21. The maximum absolute atomic E-state index is 12.0. The van der Waals surface area contributed by atoms with Crippen molar-refractivity contribution in [3.63, 3.8) is 0 Å². The molecule has 6 nitrogen and oxygen atoms in total. The average molecular weight is 274 g/mol. The van der Waals surface area contributed by atoms with Crippen molar-refractivity contribution in [1.82, 2.24) is 14.5 Å². The number of nitrogens with zero attached hydrogens (tertiary/aromatic N) is 2. The Labute approximate surface area is 111 Å². The van der Waals surface area contributed by atoms with E-state index >= 15 is 0 Å². The van der Waals surface area contributed by atoms with Gasteiger partial charge in [0.2, 0.25) is 0 Å². The van der Waals surface area contributed by atoms with Gasteiger partial charge in [-0.15, -0.1) is 0 Å². The summed E-state index contributed by atoms with van der Waals surface area (Å²) in [6.45, 7) is 1.92. The molecule has 19 heavy (non-hydrogen) atoms. The van der Waals surface area contributed by atoms with E-state index in [0.717, 1.165) is 16.9 Å². The first kappa shape index (κ1) is 11.7. The molecule has 0 aliphatic heterocycles. The molecule has 0 saturated heterocycles. The van der Waals surface area contributed by atoms with Gasteiger partial charge in [-0.2, -0.15) is 0 Å². The fourth-order valence-corrected chi connectivity index (χ4v) is 2.65. The van der Waals surface area contributed by atoms with Crippen LogP contribution in [0.5, 0.6) is 0 Å². The number of benzene rings is 1. The minimum absolute atomic E-state index is 0.257. The normalized spacial score (nSPS) is 11.0. The monoisotopic (exact) mass is 274 g/mol. The Bertz CT molecular complexity index is 891. The molecule has 0 fully saturated rings. The van der Waals surface area contributed by atoms with Gasteiger partial charge in [0, 0.05) is 0 Å². The summed E-state index contributed by atoms with van der Waals surface area (Å²) in [5.41, 5.74) is 6.59. The summed E-state index contributed by atoms with van der Waals surface area (Å²) < 4.78 is 1.70. The second kappa shape index (κ2) is 4.06. The first-order chi connectivity index (χ1) is 9.06. The summed E-state index contributed by atoms with van der Waals surface area (Å²) in [6.07, 6.45) is 0. The van der Waals surface area contributed by atoms with Crippen LogP contribution in [0.1, 0.15) is 5.56 Å². The van der Waals surface area contributed by atoms with Crippen LogP contribution < -0.4 is 17.0 Å². The van der Waals surface area contributed by atoms with Crippen LogP contribution in [-0.2, 0) is 0 Å². The minimum atomic E-state index is -0.520. The highest BCUT2D eigenvalue weighted by molar-refractivity contribution is 7.21. The van der Waals surface area contributed by atoms with Crippen LogP contribution in [0.3, 0.4) is 0 Å². The molecule has 3 rings (SSSR count). The third kappa shape index (κ3) is 1.84. The first-order valence-corrected chi connectivity index (χ1v) is 6.36. The fraction of sp³-hybridized carbons (Fsp3) is 0.0833. The van der Waals surface area contributed by atoms with Crippen molar-refractivity contribution in [3.05, 3.63) is 50.7 Å². The van der Waals surface area contributed by atoms with Gasteiger partial charge in [0.1, 0.15) is 4.70 Å². The zero-order valence-corrected chi connectivity index (χ0v) is 10.8. The van der Waals surface area contributed by atoms with Crippen LogP contribution in [0.2, 0.25) is 0 Å². The Hall–Kier alpha value is -2.41.